The van der Waals surface area contributed by atoms with Crippen LogP contribution in [0.5, 0.6) is 5.75 Å². The highest BCUT2D eigenvalue weighted by Crippen LogP contribution is 2.31. The second kappa shape index (κ2) is 10.8. The van der Waals surface area contributed by atoms with Crippen molar-refractivity contribution >= 4 is 15.9 Å². The number of methoxy groups -OCH3 is 1. The van der Waals surface area contributed by atoms with E-state index >= 15 is 0 Å². The standard InChI is InChI=1S/C22H30N2O7S/c1-21(27,13-12-17-6-4-3-5-7-17)16-31-22(14-15-23,24-20(25)26)32(28,29)19-10-8-18(30-2)9-11-19/h3-11,24,27H,12-16,23H2,1-2H3,(H,25,26)/t21-,22?/m1/s1. The molecule has 0 saturated carbocycles. The van der Waals surface area contributed by atoms with Crippen LogP contribution < -0.4 is 15.8 Å². The molecule has 2 atom stereocenters. The Morgan fingerprint density at radius 1 is 1.09 bits per heavy atom. The molecule has 0 bridgehead atoms. The molecule has 1 unspecified atom stereocenters. The molecule has 0 spiro atoms. The summed E-state index contributed by atoms with van der Waals surface area (Å²) in [5, 5.41) is 19.8. The van der Waals surface area contributed by atoms with E-state index in [-0.39, 0.29) is 24.3 Å². The predicted molar refractivity (Wildman–Crippen MR) is 119 cm³/mol. The van der Waals surface area contributed by atoms with Gasteiger partial charge in [0.25, 0.3) is 5.06 Å². The fourth-order valence-corrected chi connectivity index (χ4v) is 4.85. The van der Waals surface area contributed by atoms with Crippen LogP contribution in [0, 0.1) is 0 Å². The van der Waals surface area contributed by atoms with Gasteiger partial charge in [0.05, 0.1) is 24.2 Å². The lowest BCUT2D eigenvalue weighted by Gasteiger charge is -2.35. The minimum atomic E-state index is -4.40. The second-order valence-corrected chi connectivity index (χ2v) is 9.81. The summed E-state index contributed by atoms with van der Waals surface area (Å²) in [6, 6.07) is 14.9. The zero-order valence-electron chi connectivity index (χ0n) is 18.2. The molecular weight excluding hydrogens is 436 g/mol. The first-order chi connectivity index (χ1) is 15.0. The molecule has 0 saturated heterocycles. The monoisotopic (exact) mass is 466 g/mol. The number of hydrogen-bond acceptors (Lipinski definition) is 7. The van der Waals surface area contributed by atoms with Crippen LogP contribution in [0.25, 0.3) is 0 Å². The molecule has 176 valence electrons. The Morgan fingerprint density at radius 2 is 1.72 bits per heavy atom. The van der Waals surface area contributed by atoms with Gasteiger partial charge in [0.2, 0.25) is 9.84 Å². The van der Waals surface area contributed by atoms with Gasteiger partial charge in [-0.05, 0) is 56.1 Å². The molecule has 0 aliphatic rings. The number of amides is 1. The maximum atomic E-state index is 13.4. The zero-order chi connectivity index (χ0) is 23.8. The van der Waals surface area contributed by atoms with E-state index in [1.807, 2.05) is 35.6 Å². The van der Waals surface area contributed by atoms with Crippen LogP contribution in [0.1, 0.15) is 25.3 Å². The van der Waals surface area contributed by atoms with Crippen molar-refractivity contribution in [3.05, 3.63) is 60.2 Å². The fraction of sp³-hybridized carbons (Fsp3) is 0.409. The Hall–Kier alpha value is -2.66. The lowest BCUT2D eigenvalue weighted by atomic mass is 9.98. The van der Waals surface area contributed by atoms with Crippen LogP contribution in [-0.4, -0.2) is 55.6 Å². The Morgan fingerprint density at radius 3 is 2.25 bits per heavy atom. The molecule has 2 aromatic rings. The maximum absolute atomic E-state index is 13.4. The third-order valence-electron chi connectivity index (χ3n) is 4.99. The smallest absolute Gasteiger partial charge is 0.407 e. The lowest BCUT2D eigenvalue weighted by Crippen LogP contribution is -2.58. The fourth-order valence-electron chi connectivity index (χ4n) is 3.15. The number of rotatable bonds is 12. The van der Waals surface area contributed by atoms with E-state index in [4.69, 9.17) is 15.2 Å². The van der Waals surface area contributed by atoms with Crippen molar-refractivity contribution in [1.82, 2.24) is 5.32 Å². The normalized spacial score (nSPS) is 15.4. The molecule has 32 heavy (non-hydrogen) atoms. The third-order valence-corrected chi connectivity index (χ3v) is 7.17. The maximum Gasteiger partial charge on any atom is 0.407 e. The molecule has 1 amide bonds. The zero-order valence-corrected chi connectivity index (χ0v) is 19.0. The van der Waals surface area contributed by atoms with Gasteiger partial charge in [-0.15, -0.1) is 0 Å². The van der Waals surface area contributed by atoms with Gasteiger partial charge in [-0.25, -0.2) is 13.2 Å². The van der Waals surface area contributed by atoms with Crippen LogP contribution in [0.2, 0.25) is 0 Å². The Kier molecular flexibility index (Phi) is 8.62. The molecule has 5 N–H and O–H groups in total. The molecule has 0 radical (unpaired) electrons. The minimum absolute atomic E-state index is 0.176. The van der Waals surface area contributed by atoms with E-state index in [0.29, 0.717) is 12.2 Å². The largest absolute Gasteiger partial charge is 0.497 e. The van der Waals surface area contributed by atoms with Gasteiger partial charge in [0.15, 0.2) is 0 Å². The van der Waals surface area contributed by atoms with Gasteiger partial charge in [-0.3, -0.25) is 5.32 Å². The molecular formula is C22H30N2O7S. The van der Waals surface area contributed by atoms with Gasteiger partial charge in [-0.2, -0.15) is 0 Å². The molecule has 0 fully saturated rings. The van der Waals surface area contributed by atoms with E-state index in [1.165, 1.54) is 38.3 Å². The van der Waals surface area contributed by atoms with Gasteiger partial charge in [-0.1, -0.05) is 30.3 Å². The van der Waals surface area contributed by atoms with Crippen LogP contribution in [-0.2, 0) is 21.0 Å². The number of aryl methyl sites for hydroxylation is 1. The number of benzene rings is 2. The number of hydrogen-bond donors (Lipinski definition) is 4. The van der Waals surface area contributed by atoms with E-state index in [2.05, 4.69) is 0 Å². The summed E-state index contributed by atoms with van der Waals surface area (Å²) in [5.74, 6) is 0.435. The van der Waals surface area contributed by atoms with Crippen LogP contribution in [0.15, 0.2) is 59.5 Å². The average molecular weight is 467 g/mol. The summed E-state index contributed by atoms with van der Waals surface area (Å²) in [5.41, 5.74) is 5.20. The van der Waals surface area contributed by atoms with Gasteiger partial charge in [0.1, 0.15) is 5.75 Å². The first kappa shape index (κ1) is 25.6. The first-order valence-electron chi connectivity index (χ1n) is 10.1. The number of carboxylic acid groups (broad SMARTS) is 1. The minimum Gasteiger partial charge on any atom is -0.497 e. The van der Waals surface area contributed by atoms with Crippen LogP contribution >= 0.6 is 0 Å². The SMILES string of the molecule is COc1ccc(S(=O)(=O)C(CCN)(NC(=O)O)OC[C@](C)(O)CCc2ccccc2)cc1. The van der Waals surface area contributed by atoms with Crippen molar-refractivity contribution in [1.29, 1.82) is 0 Å². The Balaban J connectivity index is 2.30. The van der Waals surface area contributed by atoms with Crippen molar-refractivity contribution in [2.75, 3.05) is 20.3 Å². The lowest BCUT2D eigenvalue weighted by molar-refractivity contribution is -0.0925. The van der Waals surface area contributed by atoms with E-state index in [0.717, 1.165) is 5.56 Å². The molecule has 2 rings (SSSR count). The van der Waals surface area contributed by atoms with Crippen molar-refractivity contribution in [3.63, 3.8) is 0 Å². The van der Waals surface area contributed by atoms with Gasteiger partial charge >= 0.3 is 6.09 Å². The van der Waals surface area contributed by atoms with E-state index in [9.17, 15) is 23.4 Å². The van der Waals surface area contributed by atoms with Gasteiger partial charge < -0.3 is 25.4 Å². The Bertz CT molecular complexity index is 979. The average Bonchev–Trinajstić information content (AvgIpc) is 2.76. The molecule has 10 heteroatoms. The molecule has 2 aromatic carbocycles. The number of carbonyl (C=O) groups is 1. The van der Waals surface area contributed by atoms with Gasteiger partial charge in [0, 0.05) is 6.42 Å². The van der Waals surface area contributed by atoms with E-state index < -0.39 is 33.2 Å². The molecule has 0 aliphatic heterocycles. The summed E-state index contributed by atoms with van der Waals surface area (Å²) in [7, 11) is -2.96. The summed E-state index contributed by atoms with van der Waals surface area (Å²) < 4.78 is 37.6. The topological polar surface area (TPSA) is 148 Å². The summed E-state index contributed by atoms with van der Waals surface area (Å²) in [6.45, 7) is 0.890. The van der Waals surface area contributed by atoms with Crippen molar-refractivity contribution in [2.45, 2.75) is 41.7 Å². The first-order valence-corrected chi connectivity index (χ1v) is 11.5. The van der Waals surface area contributed by atoms with Crippen molar-refractivity contribution < 1.29 is 32.9 Å². The van der Waals surface area contributed by atoms with Crippen LogP contribution in [0.3, 0.4) is 0 Å². The number of ether oxygens (including phenoxy) is 2. The molecule has 0 aromatic heterocycles. The predicted octanol–water partition coefficient (Wildman–Crippen LogP) is 2.14. The molecule has 9 nitrogen and oxygen atoms in total. The highest BCUT2D eigenvalue weighted by molar-refractivity contribution is 7.92. The second-order valence-electron chi connectivity index (χ2n) is 7.67. The highest BCUT2D eigenvalue weighted by Gasteiger charge is 2.48. The van der Waals surface area contributed by atoms with Crippen molar-refractivity contribution in [3.8, 4) is 5.75 Å². The number of nitrogens with one attached hydrogen (secondary N) is 1. The number of nitrogens with two attached hydrogens (primary N) is 1. The quantitative estimate of drug-likeness (QED) is 0.348. The molecule has 0 heterocycles. The number of sulfone groups is 1. The third kappa shape index (κ3) is 6.42. The van der Waals surface area contributed by atoms with E-state index in [1.54, 1.807) is 0 Å². The van der Waals surface area contributed by atoms with Crippen LogP contribution in [0.4, 0.5) is 4.79 Å². The summed E-state index contributed by atoms with van der Waals surface area (Å²) in [6.07, 6.45) is -1.16. The Labute approximate surface area is 188 Å². The number of aliphatic hydroxyl groups is 1. The summed E-state index contributed by atoms with van der Waals surface area (Å²) in [4.78, 5) is 11.3. The summed E-state index contributed by atoms with van der Waals surface area (Å²) >= 11 is 0. The van der Waals surface area contributed by atoms with Crippen molar-refractivity contribution in [2.24, 2.45) is 5.73 Å². The highest BCUT2D eigenvalue weighted by atomic mass is 32.2. The molecule has 0 aliphatic carbocycles.